The molecule has 9 heteroatoms. The number of carbonyl (C=O) groups excluding carboxylic acids is 1. The monoisotopic (exact) mass is 460 g/mol. The van der Waals surface area contributed by atoms with Gasteiger partial charge in [0.15, 0.2) is 0 Å². The van der Waals surface area contributed by atoms with E-state index in [1.807, 2.05) is 0 Å². The van der Waals surface area contributed by atoms with Gasteiger partial charge in [0.05, 0.1) is 11.5 Å². The summed E-state index contributed by atoms with van der Waals surface area (Å²) in [6.45, 7) is 3.09. The average molecular weight is 461 g/mol. The first kappa shape index (κ1) is 23.5. The lowest BCUT2D eigenvalue weighted by molar-refractivity contribution is -0.118. The molecule has 3 aromatic rings. The molecule has 0 aliphatic carbocycles. The Morgan fingerprint density at radius 1 is 1.00 bits per heavy atom. The van der Waals surface area contributed by atoms with Gasteiger partial charge in [0, 0.05) is 16.7 Å². The van der Waals surface area contributed by atoms with Crippen LogP contribution in [-0.2, 0) is 20.4 Å². The number of primary amides is 1. The van der Waals surface area contributed by atoms with Crippen LogP contribution in [0.2, 0.25) is 0 Å². The first-order valence-electron chi connectivity index (χ1n) is 9.54. The van der Waals surface area contributed by atoms with Gasteiger partial charge in [-0.25, -0.2) is 22.3 Å². The van der Waals surface area contributed by atoms with Crippen LogP contribution < -0.4 is 10.9 Å². The molecule has 0 aliphatic heterocycles. The third-order valence-corrected chi connectivity index (χ3v) is 6.07. The quantitative estimate of drug-likeness (QED) is 0.523. The van der Waals surface area contributed by atoms with Gasteiger partial charge in [0.25, 0.3) is 0 Å². The number of hydrogen-bond donors (Lipinski definition) is 3. The Morgan fingerprint density at radius 2 is 1.66 bits per heavy atom. The van der Waals surface area contributed by atoms with Crippen molar-refractivity contribution >= 4 is 15.9 Å². The first-order chi connectivity index (χ1) is 14.8. The number of hydrogen-bond acceptors (Lipinski definition) is 4. The van der Waals surface area contributed by atoms with Crippen molar-refractivity contribution in [2.75, 3.05) is 0 Å². The largest absolute Gasteiger partial charge is 0.386 e. The van der Waals surface area contributed by atoms with Gasteiger partial charge in [0.2, 0.25) is 15.9 Å². The zero-order chi connectivity index (χ0) is 23.8. The minimum Gasteiger partial charge on any atom is -0.386 e. The smallest absolute Gasteiger partial charge is 0.241 e. The third-order valence-electron chi connectivity index (χ3n) is 5.10. The standard InChI is InChI=1S/C23H22F2N2O4S/c1-23(2,29)14-7-5-6-13(12-14)15-10-11-17(20(25)21(15)32(27,30)31)19(22(26)28)16-8-3-4-9-18(16)24/h3-12,19,29H,1-2H3,(H2,26,28)(H2,27,30,31). The van der Waals surface area contributed by atoms with E-state index in [0.29, 0.717) is 5.56 Å². The van der Waals surface area contributed by atoms with Gasteiger partial charge in [-0.15, -0.1) is 0 Å². The number of halogens is 2. The number of aliphatic hydroxyl groups is 1. The zero-order valence-electron chi connectivity index (χ0n) is 17.3. The fraction of sp³-hybridized carbons (Fsp3) is 0.174. The molecule has 0 aliphatic rings. The molecule has 0 radical (unpaired) electrons. The number of nitrogens with two attached hydrogens (primary N) is 2. The molecule has 1 amide bonds. The minimum absolute atomic E-state index is 0.0726. The molecule has 0 saturated heterocycles. The minimum atomic E-state index is -4.62. The van der Waals surface area contributed by atoms with Crippen molar-refractivity contribution < 1.29 is 27.1 Å². The van der Waals surface area contributed by atoms with Crippen LogP contribution in [0.5, 0.6) is 0 Å². The fourth-order valence-corrected chi connectivity index (χ4v) is 4.41. The van der Waals surface area contributed by atoms with Crippen molar-refractivity contribution in [3.05, 3.63) is 89.0 Å². The van der Waals surface area contributed by atoms with E-state index in [9.17, 15) is 22.7 Å². The Labute approximate surface area is 184 Å². The summed E-state index contributed by atoms with van der Waals surface area (Å²) in [4.78, 5) is 11.3. The van der Waals surface area contributed by atoms with E-state index in [1.165, 1.54) is 42.5 Å². The van der Waals surface area contributed by atoms with E-state index in [-0.39, 0.29) is 16.7 Å². The van der Waals surface area contributed by atoms with Crippen molar-refractivity contribution in [2.45, 2.75) is 30.3 Å². The van der Waals surface area contributed by atoms with E-state index in [0.717, 1.165) is 6.07 Å². The third kappa shape index (κ3) is 4.55. The van der Waals surface area contributed by atoms with Crippen molar-refractivity contribution in [2.24, 2.45) is 10.9 Å². The second-order valence-corrected chi connectivity index (χ2v) is 9.39. The average Bonchev–Trinajstić information content (AvgIpc) is 2.69. The summed E-state index contributed by atoms with van der Waals surface area (Å²) >= 11 is 0. The first-order valence-corrected chi connectivity index (χ1v) is 11.1. The van der Waals surface area contributed by atoms with E-state index in [1.54, 1.807) is 26.0 Å². The SMILES string of the molecule is CC(C)(O)c1cccc(-c2ccc(C(C(N)=O)c3ccccc3F)c(F)c2S(N)(=O)=O)c1. The van der Waals surface area contributed by atoms with Crippen LogP contribution in [0.4, 0.5) is 8.78 Å². The van der Waals surface area contributed by atoms with Crippen LogP contribution in [0.1, 0.15) is 36.5 Å². The molecule has 0 spiro atoms. The molecule has 32 heavy (non-hydrogen) atoms. The molecule has 1 unspecified atom stereocenters. The highest BCUT2D eigenvalue weighted by Gasteiger charge is 2.31. The summed E-state index contributed by atoms with van der Waals surface area (Å²) in [5.74, 6) is -4.74. The van der Waals surface area contributed by atoms with Crippen molar-refractivity contribution in [3.63, 3.8) is 0 Å². The van der Waals surface area contributed by atoms with Gasteiger partial charge in [-0.1, -0.05) is 48.5 Å². The Kier molecular flexibility index (Phi) is 6.19. The Morgan fingerprint density at radius 3 is 2.22 bits per heavy atom. The highest BCUT2D eigenvalue weighted by atomic mass is 32.2. The van der Waals surface area contributed by atoms with Crippen molar-refractivity contribution in [1.82, 2.24) is 0 Å². The number of sulfonamides is 1. The second kappa shape index (κ2) is 8.42. The summed E-state index contributed by atoms with van der Waals surface area (Å²) in [5.41, 5.74) is 4.24. The summed E-state index contributed by atoms with van der Waals surface area (Å²) in [5, 5.41) is 15.6. The molecule has 0 saturated carbocycles. The number of benzene rings is 3. The van der Waals surface area contributed by atoms with Gasteiger partial charge in [0.1, 0.15) is 16.5 Å². The molecule has 3 aromatic carbocycles. The molecule has 0 heterocycles. The number of carbonyl (C=O) groups is 1. The molecular formula is C23H22F2N2O4S. The van der Waals surface area contributed by atoms with Gasteiger partial charge in [-0.2, -0.15) is 0 Å². The Bertz CT molecular complexity index is 1300. The lowest BCUT2D eigenvalue weighted by Gasteiger charge is -2.21. The van der Waals surface area contributed by atoms with E-state index in [4.69, 9.17) is 10.9 Å². The fourth-order valence-electron chi connectivity index (χ4n) is 3.55. The number of rotatable bonds is 6. The maximum absolute atomic E-state index is 15.6. The van der Waals surface area contributed by atoms with Crippen LogP contribution in [0.3, 0.4) is 0 Å². The van der Waals surface area contributed by atoms with E-state index < -0.39 is 49.5 Å². The van der Waals surface area contributed by atoms with Crippen molar-refractivity contribution in [1.29, 1.82) is 0 Å². The normalized spacial score (nSPS) is 13.1. The van der Waals surface area contributed by atoms with Crippen molar-refractivity contribution in [3.8, 4) is 11.1 Å². The predicted octanol–water partition coefficient (Wildman–Crippen LogP) is 3.12. The van der Waals surface area contributed by atoms with Crippen LogP contribution in [-0.4, -0.2) is 19.4 Å². The van der Waals surface area contributed by atoms with Gasteiger partial charge >= 0.3 is 0 Å². The number of primary sulfonamides is 1. The summed E-state index contributed by atoms with van der Waals surface area (Å²) in [6, 6.07) is 13.9. The lowest BCUT2D eigenvalue weighted by Crippen LogP contribution is -2.26. The highest BCUT2D eigenvalue weighted by Crippen LogP contribution is 2.37. The number of amides is 1. The molecule has 168 valence electrons. The molecule has 5 N–H and O–H groups in total. The molecule has 0 aromatic heterocycles. The zero-order valence-corrected chi connectivity index (χ0v) is 18.2. The molecule has 3 rings (SSSR count). The maximum atomic E-state index is 15.6. The maximum Gasteiger partial charge on any atom is 0.241 e. The lowest BCUT2D eigenvalue weighted by atomic mass is 9.88. The van der Waals surface area contributed by atoms with E-state index in [2.05, 4.69) is 0 Å². The summed E-state index contributed by atoms with van der Waals surface area (Å²) in [6.07, 6.45) is 0. The van der Waals surface area contributed by atoms with Crippen LogP contribution in [0.15, 0.2) is 65.6 Å². The second-order valence-electron chi connectivity index (χ2n) is 7.89. The Hall–Kier alpha value is -3.14. The molecule has 6 nitrogen and oxygen atoms in total. The molecule has 1 atom stereocenters. The van der Waals surface area contributed by atoms with E-state index >= 15 is 4.39 Å². The topological polar surface area (TPSA) is 123 Å². The predicted molar refractivity (Wildman–Crippen MR) is 116 cm³/mol. The Balaban J connectivity index is 2.31. The molecule has 0 bridgehead atoms. The van der Waals surface area contributed by atoms with Gasteiger partial charge in [-0.05, 0) is 37.1 Å². The summed E-state index contributed by atoms with van der Waals surface area (Å²) < 4.78 is 54.7. The van der Waals surface area contributed by atoms with Gasteiger partial charge in [-0.3, -0.25) is 4.79 Å². The van der Waals surface area contributed by atoms with Crippen LogP contribution >= 0.6 is 0 Å². The van der Waals surface area contributed by atoms with Crippen LogP contribution in [0.25, 0.3) is 11.1 Å². The molecule has 0 fully saturated rings. The molecular weight excluding hydrogens is 438 g/mol. The van der Waals surface area contributed by atoms with Crippen LogP contribution in [0, 0.1) is 11.6 Å². The highest BCUT2D eigenvalue weighted by molar-refractivity contribution is 7.89. The summed E-state index contributed by atoms with van der Waals surface area (Å²) in [7, 11) is -4.62. The van der Waals surface area contributed by atoms with Gasteiger partial charge < -0.3 is 10.8 Å².